The number of fused-ring (bicyclic) bond motifs is 1. The van der Waals surface area contributed by atoms with Crippen molar-refractivity contribution in [1.29, 1.82) is 0 Å². The number of hydrogen-bond acceptors (Lipinski definition) is 5. The van der Waals surface area contributed by atoms with Crippen LogP contribution < -0.4 is 9.47 Å². The summed E-state index contributed by atoms with van der Waals surface area (Å²) in [4.78, 5) is 25.5. The Hall–Kier alpha value is -1.90. The third-order valence-corrected chi connectivity index (χ3v) is 6.32. The second kappa shape index (κ2) is 6.68. The van der Waals surface area contributed by atoms with Crippen molar-refractivity contribution in [3.63, 3.8) is 0 Å². The van der Waals surface area contributed by atoms with Crippen molar-refractivity contribution in [2.45, 2.75) is 12.8 Å². The van der Waals surface area contributed by atoms with E-state index >= 15 is 0 Å². The maximum Gasteiger partial charge on any atom is 0.254 e. The zero-order valence-corrected chi connectivity index (χ0v) is 16.7. The molecule has 136 valence electrons. The average molecular weight is 466 g/mol. The highest BCUT2D eigenvalue weighted by Gasteiger charge is 2.56. The molecule has 0 spiro atoms. The third-order valence-electron chi connectivity index (χ3n) is 5.51. The molecule has 1 heterocycles. The summed E-state index contributed by atoms with van der Waals surface area (Å²) in [6.07, 6.45) is 7.70. The fraction of sp³-hybridized carbons (Fsp3) is 0.421. The molecule has 0 unspecified atom stereocenters. The number of methoxy groups -OCH3 is 2. The zero-order valence-electron chi connectivity index (χ0n) is 14.5. The Balaban J connectivity index is 1.61. The van der Waals surface area contributed by atoms with Crippen molar-refractivity contribution in [2.75, 3.05) is 14.2 Å². The van der Waals surface area contributed by atoms with E-state index in [-0.39, 0.29) is 35.5 Å². The molecule has 0 aromatic heterocycles. The molecule has 4 aliphatic rings. The van der Waals surface area contributed by atoms with Crippen molar-refractivity contribution >= 4 is 40.6 Å². The predicted octanol–water partition coefficient (Wildman–Crippen LogP) is 2.84. The Bertz CT molecular complexity index is 803. The van der Waals surface area contributed by atoms with Crippen LogP contribution in [0.1, 0.15) is 18.4 Å². The molecule has 2 fully saturated rings. The Morgan fingerprint density at radius 3 is 2.19 bits per heavy atom. The second-order valence-corrected chi connectivity index (χ2v) is 7.97. The number of carbonyl (C=O) groups excluding carboxylic acids is 2. The van der Waals surface area contributed by atoms with Gasteiger partial charge in [-0.1, -0.05) is 12.2 Å². The Morgan fingerprint density at radius 2 is 1.69 bits per heavy atom. The number of hydrogen-bond donors (Lipinski definition) is 0. The van der Waals surface area contributed by atoms with Gasteiger partial charge in [0.05, 0.1) is 35.8 Å². The molecule has 2 amide bonds. The number of nitrogens with zero attached hydrogens (tertiary/aromatic N) is 2. The molecule has 1 saturated heterocycles. The Labute approximate surface area is 165 Å². The number of carbonyl (C=O) groups is 2. The van der Waals surface area contributed by atoms with Gasteiger partial charge in [0.25, 0.3) is 11.8 Å². The first kappa shape index (κ1) is 17.5. The Kier molecular flexibility index (Phi) is 4.50. The van der Waals surface area contributed by atoms with E-state index in [0.29, 0.717) is 11.5 Å². The third kappa shape index (κ3) is 2.64. The van der Waals surface area contributed by atoms with Crippen LogP contribution in [0.2, 0.25) is 0 Å². The maximum absolute atomic E-state index is 12.8. The second-order valence-electron chi connectivity index (χ2n) is 6.81. The highest BCUT2D eigenvalue weighted by atomic mass is 127. The van der Waals surface area contributed by atoms with Crippen molar-refractivity contribution < 1.29 is 19.1 Å². The molecule has 2 bridgehead atoms. The molecule has 7 heteroatoms. The van der Waals surface area contributed by atoms with Crippen LogP contribution >= 0.6 is 22.6 Å². The summed E-state index contributed by atoms with van der Waals surface area (Å²) in [6.45, 7) is 0. The molecule has 1 saturated carbocycles. The highest BCUT2D eigenvalue weighted by Crippen LogP contribution is 2.49. The van der Waals surface area contributed by atoms with Gasteiger partial charge in [-0.15, -0.1) is 0 Å². The van der Waals surface area contributed by atoms with Crippen LogP contribution in [0.15, 0.2) is 29.4 Å². The summed E-state index contributed by atoms with van der Waals surface area (Å²) in [7, 11) is 3.15. The van der Waals surface area contributed by atoms with Crippen molar-refractivity contribution in [3.05, 3.63) is 33.4 Å². The molecule has 1 aromatic carbocycles. The molecule has 1 aromatic rings. The fourth-order valence-electron chi connectivity index (χ4n) is 4.31. The number of amides is 2. The molecule has 4 atom stereocenters. The minimum atomic E-state index is -0.242. The van der Waals surface area contributed by atoms with Crippen LogP contribution in [0, 0.1) is 27.2 Å². The lowest BCUT2D eigenvalue weighted by Gasteiger charge is -2.37. The smallest absolute Gasteiger partial charge is 0.254 e. The standard InChI is InChI=1S/C19H19IN2O4/c1-25-14-8-10(7-13(20)17(14)26-2)9-21-22-18(23)15-11-3-4-12(6-5-11)16(15)19(22)24/h3-4,7-9,11-12,15-16H,5-6H2,1-2H3/b21-9-/t11-,12+,15+,16-. The predicted molar refractivity (Wildman–Crippen MR) is 104 cm³/mol. The molecule has 6 nitrogen and oxygen atoms in total. The van der Waals surface area contributed by atoms with E-state index in [1.807, 2.05) is 6.07 Å². The van der Waals surface area contributed by atoms with Gasteiger partial charge in [0.2, 0.25) is 0 Å². The summed E-state index contributed by atoms with van der Waals surface area (Å²) in [5.41, 5.74) is 0.739. The number of imide groups is 1. The van der Waals surface area contributed by atoms with E-state index in [4.69, 9.17) is 9.47 Å². The topological polar surface area (TPSA) is 68.2 Å². The van der Waals surface area contributed by atoms with Crippen LogP contribution in [-0.4, -0.2) is 37.3 Å². The fourth-order valence-corrected chi connectivity index (χ4v) is 5.15. The molecule has 3 aliphatic carbocycles. The maximum atomic E-state index is 12.8. The lowest BCUT2D eigenvalue weighted by atomic mass is 9.63. The summed E-state index contributed by atoms with van der Waals surface area (Å²) < 4.78 is 11.5. The molecule has 0 N–H and O–H groups in total. The normalized spacial score (nSPS) is 29.6. The van der Waals surface area contributed by atoms with Gasteiger partial charge in [0.15, 0.2) is 11.5 Å². The quantitative estimate of drug-likeness (QED) is 0.296. The largest absolute Gasteiger partial charge is 0.493 e. The number of allylic oxidation sites excluding steroid dienone is 2. The number of rotatable bonds is 4. The number of ether oxygens (including phenoxy) is 2. The molecular weight excluding hydrogens is 447 g/mol. The molecular formula is C19H19IN2O4. The van der Waals surface area contributed by atoms with E-state index < -0.39 is 0 Å². The van der Waals surface area contributed by atoms with Gasteiger partial charge in [-0.05, 0) is 65.0 Å². The first-order valence-electron chi connectivity index (χ1n) is 8.56. The van der Waals surface area contributed by atoms with Crippen molar-refractivity contribution in [2.24, 2.45) is 28.8 Å². The molecule has 5 rings (SSSR count). The number of benzene rings is 1. The van der Waals surface area contributed by atoms with Gasteiger partial charge in [-0.2, -0.15) is 10.1 Å². The average Bonchev–Trinajstić information content (AvgIpc) is 2.93. The summed E-state index contributed by atoms with van der Waals surface area (Å²) in [6, 6.07) is 3.64. The van der Waals surface area contributed by atoms with Gasteiger partial charge in [0.1, 0.15) is 0 Å². The first-order valence-corrected chi connectivity index (χ1v) is 9.64. The van der Waals surface area contributed by atoms with E-state index in [1.54, 1.807) is 20.3 Å². The SMILES string of the molecule is COc1cc(/C=N\N2C(=O)[C@@H]3[C@H](C2=O)[C@H]2C=C[C@@H]3CC2)cc(I)c1OC. The Morgan fingerprint density at radius 1 is 1.08 bits per heavy atom. The minimum absolute atomic E-state index is 0.170. The summed E-state index contributed by atoms with van der Waals surface area (Å²) >= 11 is 2.15. The van der Waals surface area contributed by atoms with E-state index in [2.05, 4.69) is 39.8 Å². The van der Waals surface area contributed by atoms with Gasteiger partial charge in [-0.25, -0.2) is 0 Å². The molecule has 1 aliphatic heterocycles. The van der Waals surface area contributed by atoms with Gasteiger partial charge >= 0.3 is 0 Å². The van der Waals surface area contributed by atoms with Gasteiger partial charge in [-0.3, -0.25) is 9.59 Å². The summed E-state index contributed by atoms with van der Waals surface area (Å²) in [5, 5.41) is 5.30. The van der Waals surface area contributed by atoms with Crippen LogP contribution in [0.5, 0.6) is 11.5 Å². The summed E-state index contributed by atoms with van der Waals surface area (Å²) in [5.74, 6) is 0.731. The van der Waals surface area contributed by atoms with E-state index in [0.717, 1.165) is 27.0 Å². The van der Waals surface area contributed by atoms with Crippen LogP contribution in [-0.2, 0) is 9.59 Å². The van der Waals surface area contributed by atoms with E-state index in [1.165, 1.54) is 6.21 Å². The van der Waals surface area contributed by atoms with E-state index in [9.17, 15) is 9.59 Å². The minimum Gasteiger partial charge on any atom is -0.493 e. The monoisotopic (exact) mass is 466 g/mol. The zero-order chi connectivity index (χ0) is 18.4. The lowest BCUT2D eigenvalue weighted by Crippen LogP contribution is -2.38. The molecule has 0 radical (unpaired) electrons. The number of hydrazone groups is 1. The lowest BCUT2D eigenvalue weighted by molar-refractivity contribution is -0.140. The van der Waals surface area contributed by atoms with Crippen molar-refractivity contribution in [1.82, 2.24) is 5.01 Å². The van der Waals surface area contributed by atoms with Crippen LogP contribution in [0.4, 0.5) is 0 Å². The molecule has 26 heavy (non-hydrogen) atoms. The van der Waals surface area contributed by atoms with Gasteiger partial charge in [0, 0.05) is 0 Å². The number of halogens is 1. The van der Waals surface area contributed by atoms with Crippen LogP contribution in [0.25, 0.3) is 0 Å². The first-order chi connectivity index (χ1) is 12.5. The van der Waals surface area contributed by atoms with Crippen LogP contribution in [0.3, 0.4) is 0 Å². The van der Waals surface area contributed by atoms with Gasteiger partial charge < -0.3 is 9.47 Å². The van der Waals surface area contributed by atoms with Crippen molar-refractivity contribution in [3.8, 4) is 11.5 Å². The highest BCUT2D eigenvalue weighted by molar-refractivity contribution is 14.1.